The first-order chi connectivity index (χ1) is 5.52. The monoisotopic (exact) mass is 171 g/mol. The first-order valence-electron chi connectivity index (χ1n) is 4.90. The van der Waals surface area contributed by atoms with Gasteiger partial charge in [0.05, 0.1) is 6.10 Å². The Labute approximate surface area is 75.2 Å². The largest absolute Gasteiger partial charge is 0.392 e. The van der Waals surface area contributed by atoms with Crippen molar-refractivity contribution in [2.75, 3.05) is 6.54 Å². The van der Waals surface area contributed by atoms with E-state index in [9.17, 15) is 5.11 Å². The van der Waals surface area contributed by atoms with Crippen molar-refractivity contribution in [2.24, 2.45) is 23.0 Å². The molecule has 0 aromatic carbocycles. The summed E-state index contributed by atoms with van der Waals surface area (Å²) < 4.78 is 0. The van der Waals surface area contributed by atoms with Crippen molar-refractivity contribution in [3.63, 3.8) is 0 Å². The summed E-state index contributed by atoms with van der Waals surface area (Å²) >= 11 is 0. The van der Waals surface area contributed by atoms with E-state index in [0.717, 1.165) is 18.8 Å². The normalized spacial score (nSPS) is 38.0. The van der Waals surface area contributed by atoms with Gasteiger partial charge in [0, 0.05) is 12.0 Å². The van der Waals surface area contributed by atoms with Crippen molar-refractivity contribution >= 4 is 0 Å². The van der Waals surface area contributed by atoms with Gasteiger partial charge in [-0.1, -0.05) is 20.8 Å². The van der Waals surface area contributed by atoms with E-state index in [0.29, 0.717) is 12.5 Å². The van der Waals surface area contributed by atoms with Crippen molar-refractivity contribution in [3.05, 3.63) is 0 Å². The minimum Gasteiger partial charge on any atom is -0.392 e. The maximum Gasteiger partial charge on any atom is 0.0631 e. The second-order valence-corrected chi connectivity index (χ2v) is 4.77. The topological polar surface area (TPSA) is 46.2 Å². The van der Waals surface area contributed by atoms with Gasteiger partial charge in [0.25, 0.3) is 0 Å². The van der Waals surface area contributed by atoms with E-state index in [4.69, 9.17) is 5.73 Å². The zero-order valence-electron chi connectivity index (χ0n) is 8.38. The van der Waals surface area contributed by atoms with E-state index in [2.05, 4.69) is 20.8 Å². The molecule has 2 heteroatoms. The van der Waals surface area contributed by atoms with Crippen LogP contribution in [0.25, 0.3) is 0 Å². The number of rotatable bonds is 3. The van der Waals surface area contributed by atoms with Crippen LogP contribution in [-0.4, -0.2) is 17.8 Å². The minimum absolute atomic E-state index is 0.0492. The molecule has 0 radical (unpaired) electrons. The number of aliphatic hydroxyl groups excluding tert-OH is 1. The van der Waals surface area contributed by atoms with Gasteiger partial charge in [-0.3, -0.25) is 0 Å². The summed E-state index contributed by atoms with van der Waals surface area (Å²) in [5, 5.41) is 9.93. The SMILES string of the molecule is CC1CC(CN)(C(O)C(C)C)C1. The molecule has 1 fully saturated rings. The van der Waals surface area contributed by atoms with E-state index in [1.807, 2.05) is 0 Å². The first kappa shape index (κ1) is 10.0. The van der Waals surface area contributed by atoms with Crippen LogP contribution in [0.4, 0.5) is 0 Å². The Morgan fingerprint density at radius 1 is 1.50 bits per heavy atom. The first-order valence-corrected chi connectivity index (χ1v) is 4.90. The van der Waals surface area contributed by atoms with E-state index in [1.54, 1.807) is 0 Å². The van der Waals surface area contributed by atoms with E-state index >= 15 is 0 Å². The minimum atomic E-state index is -0.210. The van der Waals surface area contributed by atoms with Crippen LogP contribution in [0.2, 0.25) is 0 Å². The third-order valence-corrected chi connectivity index (χ3v) is 3.18. The summed E-state index contributed by atoms with van der Waals surface area (Å²) in [6, 6.07) is 0. The van der Waals surface area contributed by atoms with Crippen molar-refractivity contribution in [1.29, 1.82) is 0 Å². The van der Waals surface area contributed by atoms with Crippen molar-refractivity contribution in [2.45, 2.75) is 39.7 Å². The van der Waals surface area contributed by atoms with Crippen molar-refractivity contribution < 1.29 is 5.11 Å². The zero-order valence-corrected chi connectivity index (χ0v) is 8.38. The Morgan fingerprint density at radius 2 is 2.00 bits per heavy atom. The average Bonchev–Trinajstić information content (AvgIpc) is 1.96. The van der Waals surface area contributed by atoms with Gasteiger partial charge >= 0.3 is 0 Å². The van der Waals surface area contributed by atoms with Crippen LogP contribution < -0.4 is 5.73 Å². The molecule has 0 saturated heterocycles. The second kappa shape index (κ2) is 3.35. The molecule has 3 N–H and O–H groups in total. The molecule has 2 nitrogen and oxygen atoms in total. The fraction of sp³-hybridized carbons (Fsp3) is 1.00. The molecular formula is C10H21NO. The Bertz CT molecular complexity index is 150. The van der Waals surface area contributed by atoms with Crippen LogP contribution in [0.3, 0.4) is 0 Å². The molecular weight excluding hydrogens is 150 g/mol. The molecule has 1 aliphatic rings. The zero-order chi connectivity index (χ0) is 9.35. The van der Waals surface area contributed by atoms with Gasteiger partial charge in [0.1, 0.15) is 0 Å². The summed E-state index contributed by atoms with van der Waals surface area (Å²) in [4.78, 5) is 0. The Kier molecular flexibility index (Phi) is 2.79. The third kappa shape index (κ3) is 1.50. The molecule has 0 spiro atoms. The van der Waals surface area contributed by atoms with Crippen LogP contribution in [0.1, 0.15) is 33.6 Å². The average molecular weight is 171 g/mol. The standard InChI is InChI=1S/C10H21NO/c1-7(2)9(12)10(6-11)4-8(3)5-10/h7-9,12H,4-6,11H2,1-3H3. The van der Waals surface area contributed by atoms with Crippen LogP contribution in [0.15, 0.2) is 0 Å². The highest BCUT2D eigenvalue weighted by Crippen LogP contribution is 2.48. The van der Waals surface area contributed by atoms with E-state index in [1.165, 1.54) is 0 Å². The molecule has 0 heterocycles. The lowest BCUT2D eigenvalue weighted by molar-refractivity contribution is -0.0801. The Morgan fingerprint density at radius 3 is 2.25 bits per heavy atom. The third-order valence-electron chi connectivity index (χ3n) is 3.18. The maximum absolute atomic E-state index is 9.93. The van der Waals surface area contributed by atoms with Gasteiger partial charge < -0.3 is 10.8 Å². The number of hydrogen-bond acceptors (Lipinski definition) is 2. The fourth-order valence-corrected chi connectivity index (χ4v) is 2.56. The summed E-state index contributed by atoms with van der Waals surface area (Å²) in [5.74, 6) is 1.09. The highest BCUT2D eigenvalue weighted by atomic mass is 16.3. The molecule has 0 bridgehead atoms. The molecule has 1 rings (SSSR count). The maximum atomic E-state index is 9.93. The molecule has 72 valence electrons. The van der Waals surface area contributed by atoms with Gasteiger partial charge in [0.15, 0.2) is 0 Å². The lowest BCUT2D eigenvalue weighted by Crippen LogP contribution is -2.52. The van der Waals surface area contributed by atoms with Crippen LogP contribution in [0.5, 0.6) is 0 Å². The molecule has 0 aliphatic heterocycles. The Balaban J connectivity index is 2.57. The van der Waals surface area contributed by atoms with Crippen LogP contribution in [0, 0.1) is 17.3 Å². The van der Waals surface area contributed by atoms with Gasteiger partial charge in [0.2, 0.25) is 0 Å². The van der Waals surface area contributed by atoms with Crippen LogP contribution >= 0.6 is 0 Å². The molecule has 1 atom stereocenters. The smallest absolute Gasteiger partial charge is 0.0631 e. The number of aliphatic hydroxyl groups is 1. The lowest BCUT2D eigenvalue weighted by Gasteiger charge is -2.50. The Hall–Kier alpha value is -0.0800. The molecule has 1 unspecified atom stereocenters. The van der Waals surface area contributed by atoms with Gasteiger partial charge in [-0.05, 0) is 24.7 Å². The van der Waals surface area contributed by atoms with Gasteiger partial charge in [-0.15, -0.1) is 0 Å². The van der Waals surface area contributed by atoms with E-state index < -0.39 is 0 Å². The summed E-state index contributed by atoms with van der Waals surface area (Å²) in [5.41, 5.74) is 5.76. The highest BCUT2D eigenvalue weighted by molar-refractivity contribution is 4.98. The lowest BCUT2D eigenvalue weighted by atomic mass is 9.58. The fourth-order valence-electron chi connectivity index (χ4n) is 2.56. The number of hydrogen-bond donors (Lipinski definition) is 2. The van der Waals surface area contributed by atoms with Gasteiger partial charge in [-0.25, -0.2) is 0 Å². The predicted molar refractivity (Wildman–Crippen MR) is 50.7 cm³/mol. The molecule has 1 saturated carbocycles. The molecule has 0 aromatic rings. The second-order valence-electron chi connectivity index (χ2n) is 4.77. The van der Waals surface area contributed by atoms with Gasteiger partial charge in [-0.2, -0.15) is 0 Å². The number of nitrogens with two attached hydrogens (primary N) is 1. The molecule has 0 amide bonds. The molecule has 12 heavy (non-hydrogen) atoms. The quantitative estimate of drug-likeness (QED) is 0.674. The van der Waals surface area contributed by atoms with Crippen molar-refractivity contribution in [1.82, 2.24) is 0 Å². The molecule has 1 aliphatic carbocycles. The summed E-state index contributed by atoms with van der Waals surface area (Å²) in [6.07, 6.45) is 1.99. The van der Waals surface area contributed by atoms with Crippen molar-refractivity contribution in [3.8, 4) is 0 Å². The highest BCUT2D eigenvalue weighted by Gasteiger charge is 2.47. The molecule has 0 aromatic heterocycles. The van der Waals surface area contributed by atoms with E-state index in [-0.39, 0.29) is 11.5 Å². The van der Waals surface area contributed by atoms with Crippen LogP contribution in [-0.2, 0) is 0 Å². The summed E-state index contributed by atoms with van der Waals surface area (Å²) in [6.45, 7) is 6.98. The summed E-state index contributed by atoms with van der Waals surface area (Å²) in [7, 11) is 0. The predicted octanol–water partition coefficient (Wildman–Crippen LogP) is 1.38.